The molecule has 1 aliphatic rings. The highest BCUT2D eigenvalue weighted by Gasteiger charge is 2.31. The third kappa shape index (κ3) is 5.80. The molecule has 4 rings (SSSR count). The number of nitrogens with zero attached hydrogens (tertiary/aromatic N) is 3. The summed E-state index contributed by atoms with van der Waals surface area (Å²) < 4.78 is 61.5. The molecule has 3 aromatic carbocycles. The number of nitrogens with one attached hydrogen (secondary N) is 1. The molecule has 2 atom stereocenters. The molecule has 0 aliphatic carbocycles. The third-order valence-electron chi connectivity index (χ3n) is 5.97. The topological polar surface area (TPSA) is 77.7 Å². The van der Waals surface area contributed by atoms with E-state index in [2.05, 4.69) is 36.9 Å². The molecule has 3 aromatic rings. The van der Waals surface area contributed by atoms with Gasteiger partial charge in [0.25, 0.3) is 0 Å². The molecule has 0 spiro atoms. The standard InChI is InChI=1S/C26H25F3N4O2S/c1-31-36(34,23-14-12-22(13-15-23)35-26(27,28)29)32-17-19(16-30)18-33-24-8-4-2-6-20(24)10-11-21-7-3-5-9-25(21)33/h2-9,12-15,19H,10-11,17-18H2,1H3,(H,31,32,34). The molecule has 0 fully saturated rings. The second-order valence-corrected chi connectivity index (χ2v) is 10.4. The van der Waals surface area contributed by atoms with Crippen molar-refractivity contribution in [2.24, 2.45) is 10.3 Å². The van der Waals surface area contributed by atoms with Crippen LogP contribution in [0.5, 0.6) is 5.75 Å². The van der Waals surface area contributed by atoms with E-state index in [9.17, 15) is 22.6 Å². The van der Waals surface area contributed by atoms with Crippen molar-refractivity contribution in [3.8, 4) is 11.8 Å². The van der Waals surface area contributed by atoms with Gasteiger partial charge in [-0.1, -0.05) is 36.4 Å². The fourth-order valence-electron chi connectivity index (χ4n) is 4.23. The highest BCUT2D eigenvalue weighted by Crippen LogP contribution is 2.36. The van der Waals surface area contributed by atoms with E-state index in [0.717, 1.165) is 36.3 Å². The maximum Gasteiger partial charge on any atom is 0.573 e. The number of para-hydroxylation sites is 2. The average Bonchev–Trinajstić information content (AvgIpc) is 3.03. The Balaban J connectivity index is 1.54. The molecule has 1 N–H and O–H groups in total. The van der Waals surface area contributed by atoms with Crippen molar-refractivity contribution in [1.29, 1.82) is 5.26 Å². The normalized spacial score (nSPS) is 15.5. The Morgan fingerprint density at radius 3 is 2.08 bits per heavy atom. The highest BCUT2D eigenvalue weighted by atomic mass is 32.2. The van der Waals surface area contributed by atoms with Crippen LogP contribution in [-0.2, 0) is 22.8 Å². The SMILES string of the molecule is CN=S(=O)(NCC(C#N)CN1c2ccccc2CCc2ccccc21)c1ccc(OC(F)(F)F)cc1. The van der Waals surface area contributed by atoms with Gasteiger partial charge in [0.05, 0.1) is 16.9 Å². The van der Waals surface area contributed by atoms with Gasteiger partial charge in [-0.15, -0.1) is 13.2 Å². The molecule has 1 aliphatic heterocycles. The van der Waals surface area contributed by atoms with Crippen molar-refractivity contribution < 1.29 is 22.1 Å². The molecule has 0 saturated heterocycles. The number of rotatable bonds is 7. The number of benzene rings is 3. The first-order chi connectivity index (χ1) is 17.2. The van der Waals surface area contributed by atoms with Crippen molar-refractivity contribution >= 4 is 21.3 Å². The van der Waals surface area contributed by atoms with Gasteiger partial charge < -0.3 is 9.64 Å². The summed E-state index contributed by atoms with van der Waals surface area (Å²) in [6.45, 7) is 0.420. The van der Waals surface area contributed by atoms with Crippen LogP contribution in [0.3, 0.4) is 0 Å². The maximum absolute atomic E-state index is 13.5. The Hall–Kier alpha value is -3.55. The summed E-state index contributed by atoms with van der Waals surface area (Å²) in [4.78, 5) is 2.32. The van der Waals surface area contributed by atoms with Gasteiger partial charge in [-0.2, -0.15) is 5.26 Å². The van der Waals surface area contributed by atoms with Gasteiger partial charge >= 0.3 is 6.36 Å². The predicted octanol–water partition coefficient (Wildman–Crippen LogP) is 5.62. The minimum absolute atomic E-state index is 0.0638. The van der Waals surface area contributed by atoms with Crippen molar-refractivity contribution in [1.82, 2.24) is 4.72 Å². The number of aryl methyl sites for hydroxylation is 2. The summed E-state index contributed by atoms with van der Waals surface area (Å²) in [5.74, 6) is -0.975. The lowest BCUT2D eigenvalue weighted by Crippen LogP contribution is -2.34. The molecule has 0 saturated carbocycles. The van der Waals surface area contributed by atoms with E-state index in [-0.39, 0.29) is 11.4 Å². The monoisotopic (exact) mass is 514 g/mol. The van der Waals surface area contributed by atoms with Crippen molar-refractivity contribution in [3.63, 3.8) is 0 Å². The van der Waals surface area contributed by atoms with E-state index in [1.165, 1.54) is 30.3 Å². The number of alkyl halides is 3. The zero-order chi connectivity index (χ0) is 25.8. The lowest BCUT2D eigenvalue weighted by Gasteiger charge is -2.29. The number of nitriles is 1. The van der Waals surface area contributed by atoms with E-state index in [1.807, 2.05) is 36.4 Å². The predicted molar refractivity (Wildman–Crippen MR) is 132 cm³/mol. The van der Waals surface area contributed by atoms with Crippen molar-refractivity contribution in [2.75, 3.05) is 25.0 Å². The minimum Gasteiger partial charge on any atom is -0.406 e. The fourth-order valence-corrected chi connectivity index (χ4v) is 5.67. The van der Waals surface area contributed by atoms with Crippen molar-refractivity contribution in [2.45, 2.75) is 24.1 Å². The first kappa shape index (κ1) is 25.5. The molecule has 0 radical (unpaired) electrons. The molecule has 0 aromatic heterocycles. The summed E-state index contributed by atoms with van der Waals surface area (Å²) in [6, 6.07) is 23.2. The van der Waals surface area contributed by atoms with Crippen LogP contribution in [0.4, 0.5) is 24.5 Å². The quantitative estimate of drug-likeness (QED) is 0.444. The number of hydrogen-bond donors (Lipinski definition) is 1. The van der Waals surface area contributed by atoms with Crippen molar-refractivity contribution in [3.05, 3.63) is 83.9 Å². The van der Waals surface area contributed by atoms with E-state index < -0.39 is 27.9 Å². The zero-order valence-electron chi connectivity index (χ0n) is 19.5. The average molecular weight is 515 g/mol. The lowest BCUT2D eigenvalue weighted by atomic mass is 10.0. The smallest absolute Gasteiger partial charge is 0.406 e. The van der Waals surface area contributed by atoms with Gasteiger partial charge in [0, 0.05) is 31.5 Å². The first-order valence-electron chi connectivity index (χ1n) is 11.3. The van der Waals surface area contributed by atoms with Crippen LogP contribution in [0.25, 0.3) is 0 Å². The second kappa shape index (κ2) is 10.6. The lowest BCUT2D eigenvalue weighted by molar-refractivity contribution is -0.274. The first-order valence-corrected chi connectivity index (χ1v) is 12.8. The highest BCUT2D eigenvalue weighted by molar-refractivity contribution is 7.91. The van der Waals surface area contributed by atoms with Crippen LogP contribution in [0.1, 0.15) is 11.1 Å². The molecule has 1 heterocycles. The Morgan fingerprint density at radius 2 is 1.58 bits per heavy atom. The third-order valence-corrected chi connectivity index (χ3v) is 7.96. The Kier molecular flexibility index (Phi) is 7.52. The van der Waals surface area contributed by atoms with Crippen LogP contribution < -0.4 is 14.4 Å². The van der Waals surface area contributed by atoms with Crippen LogP contribution in [0.15, 0.2) is 82.1 Å². The number of hydrogen-bond acceptors (Lipinski definition) is 5. The molecular formula is C26H25F3N4O2S. The largest absolute Gasteiger partial charge is 0.573 e. The molecule has 0 amide bonds. The molecule has 2 unspecified atom stereocenters. The van der Waals surface area contributed by atoms with E-state index in [0.29, 0.717) is 6.54 Å². The zero-order valence-corrected chi connectivity index (χ0v) is 20.4. The summed E-state index contributed by atoms with van der Waals surface area (Å²) in [5.41, 5.74) is 4.44. The summed E-state index contributed by atoms with van der Waals surface area (Å²) in [7, 11) is -1.81. The molecule has 36 heavy (non-hydrogen) atoms. The van der Waals surface area contributed by atoms with Crippen LogP contribution in [0, 0.1) is 17.2 Å². The van der Waals surface area contributed by atoms with Gasteiger partial charge in [0.1, 0.15) is 15.7 Å². The van der Waals surface area contributed by atoms with E-state index >= 15 is 0 Å². The molecule has 10 heteroatoms. The second-order valence-electron chi connectivity index (χ2n) is 8.27. The van der Waals surface area contributed by atoms with Gasteiger partial charge in [-0.25, -0.2) is 13.3 Å². The molecular weight excluding hydrogens is 489 g/mol. The number of ether oxygens (including phenoxy) is 1. The Morgan fingerprint density at radius 1 is 1.03 bits per heavy atom. The van der Waals surface area contributed by atoms with Crippen LogP contribution in [-0.4, -0.2) is 30.7 Å². The Labute approximate surface area is 208 Å². The fraction of sp³-hybridized carbons (Fsp3) is 0.269. The summed E-state index contributed by atoms with van der Waals surface area (Å²) >= 11 is 0. The van der Waals surface area contributed by atoms with Gasteiger partial charge in [-0.3, -0.25) is 0 Å². The van der Waals surface area contributed by atoms with E-state index in [1.54, 1.807) is 0 Å². The van der Waals surface area contributed by atoms with Gasteiger partial charge in [0.15, 0.2) is 0 Å². The minimum atomic E-state index is -4.82. The van der Waals surface area contributed by atoms with Gasteiger partial charge in [0.2, 0.25) is 0 Å². The molecule has 0 bridgehead atoms. The number of halogens is 3. The van der Waals surface area contributed by atoms with E-state index in [4.69, 9.17) is 0 Å². The summed E-state index contributed by atoms with van der Waals surface area (Å²) in [6.07, 6.45) is -3.05. The summed E-state index contributed by atoms with van der Waals surface area (Å²) in [5, 5.41) is 9.94. The molecule has 188 valence electrons. The Bertz CT molecular complexity index is 1330. The maximum atomic E-state index is 13.5. The number of fused-ring (bicyclic) bond motifs is 2. The number of anilines is 2. The molecule has 6 nitrogen and oxygen atoms in total. The van der Waals surface area contributed by atoms with Crippen LogP contribution in [0.2, 0.25) is 0 Å². The van der Waals surface area contributed by atoms with Crippen LogP contribution >= 0.6 is 0 Å². The van der Waals surface area contributed by atoms with Gasteiger partial charge in [-0.05, 0) is 60.4 Å².